The quantitative estimate of drug-likeness (QED) is 0.623. The number of hydrogen-bond donors (Lipinski definition) is 2. The highest BCUT2D eigenvalue weighted by Gasteiger charge is 2.27. The van der Waals surface area contributed by atoms with Crippen molar-refractivity contribution in [3.05, 3.63) is 0 Å². The highest BCUT2D eigenvalue weighted by atomic mass is 16.5. The van der Waals surface area contributed by atoms with Gasteiger partial charge < -0.3 is 20.7 Å². The SMILES string of the molecule is CNC(C)(CCCCN(C)CC1CCCCO1)C(N)=O. The molecule has 20 heavy (non-hydrogen) atoms. The Balaban J connectivity index is 2.15. The summed E-state index contributed by atoms with van der Waals surface area (Å²) in [4.78, 5) is 13.7. The Labute approximate surface area is 123 Å². The molecule has 0 saturated carbocycles. The van der Waals surface area contributed by atoms with Gasteiger partial charge in [-0.3, -0.25) is 4.79 Å². The summed E-state index contributed by atoms with van der Waals surface area (Å²) < 4.78 is 5.75. The highest BCUT2D eigenvalue weighted by molar-refractivity contribution is 5.84. The molecule has 1 heterocycles. The lowest BCUT2D eigenvalue weighted by atomic mass is 9.94. The summed E-state index contributed by atoms with van der Waals surface area (Å²) in [6.07, 6.45) is 6.94. The molecular formula is C15H31N3O2. The Morgan fingerprint density at radius 1 is 1.45 bits per heavy atom. The van der Waals surface area contributed by atoms with Gasteiger partial charge in [-0.15, -0.1) is 0 Å². The fourth-order valence-electron chi connectivity index (χ4n) is 2.62. The molecule has 1 amide bonds. The number of carbonyl (C=O) groups is 1. The third-order valence-corrected chi connectivity index (χ3v) is 4.35. The van der Waals surface area contributed by atoms with Crippen molar-refractivity contribution in [3.63, 3.8) is 0 Å². The van der Waals surface area contributed by atoms with Gasteiger partial charge in [0.2, 0.25) is 5.91 Å². The topological polar surface area (TPSA) is 67.6 Å². The van der Waals surface area contributed by atoms with Gasteiger partial charge in [0.25, 0.3) is 0 Å². The average molecular weight is 285 g/mol. The second kappa shape index (κ2) is 8.60. The molecule has 1 aliphatic heterocycles. The summed E-state index contributed by atoms with van der Waals surface area (Å²) in [7, 11) is 3.93. The van der Waals surface area contributed by atoms with E-state index in [2.05, 4.69) is 17.3 Å². The van der Waals surface area contributed by atoms with E-state index in [4.69, 9.17) is 10.5 Å². The Kier molecular flexibility index (Phi) is 7.48. The molecule has 2 atom stereocenters. The van der Waals surface area contributed by atoms with Crippen LogP contribution in [0.1, 0.15) is 45.4 Å². The average Bonchev–Trinajstić information content (AvgIpc) is 2.44. The smallest absolute Gasteiger partial charge is 0.237 e. The lowest BCUT2D eigenvalue weighted by Gasteiger charge is -2.28. The van der Waals surface area contributed by atoms with Crippen LogP contribution in [0.15, 0.2) is 0 Å². The number of nitrogens with zero attached hydrogens (tertiary/aromatic N) is 1. The maximum Gasteiger partial charge on any atom is 0.237 e. The second-order valence-electron chi connectivity index (χ2n) is 6.15. The summed E-state index contributed by atoms with van der Waals surface area (Å²) >= 11 is 0. The maximum atomic E-state index is 11.4. The van der Waals surface area contributed by atoms with Crippen LogP contribution in [0.25, 0.3) is 0 Å². The molecule has 5 heteroatoms. The molecule has 1 saturated heterocycles. The molecule has 0 aliphatic carbocycles. The molecule has 0 bridgehead atoms. The minimum absolute atomic E-state index is 0.274. The van der Waals surface area contributed by atoms with E-state index in [1.807, 2.05) is 6.92 Å². The van der Waals surface area contributed by atoms with Gasteiger partial charge in [-0.2, -0.15) is 0 Å². The Bertz CT molecular complexity index is 293. The molecule has 0 aromatic carbocycles. The summed E-state index contributed by atoms with van der Waals surface area (Å²) in [6, 6.07) is 0. The molecule has 0 radical (unpaired) electrons. The van der Waals surface area contributed by atoms with Crippen LogP contribution in [0.4, 0.5) is 0 Å². The monoisotopic (exact) mass is 285 g/mol. The van der Waals surface area contributed by atoms with Crippen molar-refractivity contribution >= 4 is 5.91 Å². The van der Waals surface area contributed by atoms with Gasteiger partial charge in [-0.05, 0) is 66.1 Å². The van der Waals surface area contributed by atoms with E-state index in [-0.39, 0.29) is 5.91 Å². The first-order valence-electron chi connectivity index (χ1n) is 7.77. The van der Waals surface area contributed by atoms with Crippen molar-refractivity contribution in [2.24, 2.45) is 5.73 Å². The summed E-state index contributed by atoms with van der Waals surface area (Å²) in [5.74, 6) is -0.274. The van der Waals surface area contributed by atoms with E-state index in [1.54, 1.807) is 7.05 Å². The molecule has 2 unspecified atom stereocenters. The van der Waals surface area contributed by atoms with Gasteiger partial charge in [-0.1, -0.05) is 0 Å². The first-order chi connectivity index (χ1) is 9.48. The van der Waals surface area contributed by atoms with Crippen LogP contribution in [-0.2, 0) is 9.53 Å². The molecule has 1 fully saturated rings. The number of hydrogen-bond acceptors (Lipinski definition) is 4. The van der Waals surface area contributed by atoms with Gasteiger partial charge in [0, 0.05) is 13.2 Å². The number of ether oxygens (including phenoxy) is 1. The van der Waals surface area contributed by atoms with Crippen molar-refractivity contribution in [3.8, 4) is 0 Å². The van der Waals surface area contributed by atoms with Gasteiger partial charge in [0.15, 0.2) is 0 Å². The number of carbonyl (C=O) groups excluding carboxylic acids is 1. The first kappa shape index (κ1) is 17.4. The minimum atomic E-state index is -0.578. The Hall–Kier alpha value is -0.650. The predicted molar refractivity (Wildman–Crippen MR) is 81.6 cm³/mol. The Morgan fingerprint density at radius 3 is 2.75 bits per heavy atom. The number of amides is 1. The molecule has 1 aliphatic rings. The van der Waals surface area contributed by atoms with E-state index >= 15 is 0 Å². The second-order valence-corrected chi connectivity index (χ2v) is 6.15. The lowest BCUT2D eigenvalue weighted by Crippen LogP contribution is -2.51. The molecule has 5 nitrogen and oxygen atoms in total. The normalized spacial score (nSPS) is 22.7. The molecule has 1 rings (SSSR count). The van der Waals surface area contributed by atoms with Gasteiger partial charge in [0.1, 0.15) is 0 Å². The maximum absolute atomic E-state index is 11.4. The van der Waals surface area contributed by atoms with E-state index in [1.165, 1.54) is 19.3 Å². The number of rotatable bonds is 9. The molecule has 3 N–H and O–H groups in total. The van der Waals surface area contributed by atoms with Crippen LogP contribution in [0, 0.1) is 0 Å². The van der Waals surface area contributed by atoms with Crippen molar-refractivity contribution in [1.29, 1.82) is 0 Å². The van der Waals surface area contributed by atoms with E-state index < -0.39 is 5.54 Å². The highest BCUT2D eigenvalue weighted by Crippen LogP contribution is 2.15. The number of nitrogens with two attached hydrogens (primary N) is 1. The summed E-state index contributed by atoms with van der Waals surface area (Å²) in [5.41, 5.74) is 4.84. The van der Waals surface area contributed by atoms with Crippen molar-refractivity contribution < 1.29 is 9.53 Å². The molecule has 0 spiro atoms. The minimum Gasteiger partial charge on any atom is -0.377 e. The molecular weight excluding hydrogens is 254 g/mol. The largest absolute Gasteiger partial charge is 0.377 e. The van der Waals surface area contributed by atoms with Gasteiger partial charge >= 0.3 is 0 Å². The number of primary amides is 1. The fourth-order valence-corrected chi connectivity index (χ4v) is 2.62. The van der Waals surface area contributed by atoms with Crippen molar-refractivity contribution in [1.82, 2.24) is 10.2 Å². The predicted octanol–water partition coefficient (Wildman–Crippen LogP) is 1.12. The molecule has 0 aromatic heterocycles. The first-order valence-corrected chi connectivity index (χ1v) is 7.77. The zero-order chi connectivity index (χ0) is 15.0. The van der Waals surface area contributed by atoms with E-state index in [0.717, 1.165) is 39.0 Å². The van der Waals surface area contributed by atoms with Gasteiger partial charge in [-0.25, -0.2) is 0 Å². The van der Waals surface area contributed by atoms with Crippen LogP contribution in [0.2, 0.25) is 0 Å². The third kappa shape index (κ3) is 5.77. The molecule has 118 valence electrons. The lowest BCUT2D eigenvalue weighted by molar-refractivity contribution is -0.123. The zero-order valence-electron chi connectivity index (χ0n) is 13.3. The summed E-state index contributed by atoms with van der Waals surface area (Å²) in [6.45, 7) is 4.84. The Morgan fingerprint density at radius 2 is 2.20 bits per heavy atom. The van der Waals surface area contributed by atoms with Crippen LogP contribution in [-0.4, -0.2) is 56.2 Å². The summed E-state index contributed by atoms with van der Waals surface area (Å²) in [5, 5.41) is 3.02. The number of nitrogens with one attached hydrogen (secondary N) is 1. The van der Waals surface area contributed by atoms with Crippen molar-refractivity contribution in [2.75, 3.05) is 33.8 Å². The number of likely N-dealkylation sites (N-methyl/N-ethyl adjacent to an activating group) is 2. The molecule has 0 aromatic rings. The fraction of sp³-hybridized carbons (Fsp3) is 0.933. The van der Waals surface area contributed by atoms with Crippen LogP contribution in [0.5, 0.6) is 0 Å². The third-order valence-electron chi connectivity index (χ3n) is 4.35. The van der Waals surface area contributed by atoms with Crippen molar-refractivity contribution in [2.45, 2.75) is 57.1 Å². The number of unbranched alkanes of at least 4 members (excludes halogenated alkanes) is 1. The van der Waals surface area contributed by atoms with Gasteiger partial charge in [0.05, 0.1) is 11.6 Å². The zero-order valence-corrected chi connectivity index (χ0v) is 13.3. The van der Waals surface area contributed by atoms with Crippen LogP contribution >= 0.6 is 0 Å². The van der Waals surface area contributed by atoms with E-state index in [9.17, 15) is 4.79 Å². The van der Waals surface area contributed by atoms with Crippen LogP contribution in [0.3, 0.4) is 0 Å². The van der Waals surface area contributed by atoms with E-state index in [0.29, 0.717) is 6.10 Å². The standard InChI is InChI=1S/C15H31N3O2/c1-15(17-2,14(16)19)9-5-6-10-18(3)12-13-8-4-7-11-20-13/h13,17H,4-12H2,1-3H3,(H2,16,19). The van der Waals surface area contributed by atoms with Crippen LogP contribution < -0.4 is 11.1 Å².